The summed E-state index contributed by atoms with van der Waals surface area (Å²) in [6.45, 7) is 2.29. The molecule has 0 spiro atoms. The number of rotatable bonds is 5. The van der Waals surface area contributed by atoms with Crippen molar-refractivity contribution in [3.8, 4) is 22.7 Å². The lowest BCUT2D eigenvalue weighted by atomic mass is 10.1. The molecule has 0 unspecified atom stereocenters. The zero-order chi connectivity index (χ0) is 22.4. The SMILES string of the molecule is CCCn1c(=O)c2c(nc3n(-c4ccccc4OC)c(-c4ccccc4)cn23)n(C)c1=O. The first-order valence-corrected chi connectivity index (χ1v) is 10.5. The van der Waals surface area contributed by atoms with Gasteiger partial charge in [-0.25, -0.2) is 4.79 Å². The molecule has 0 radical (unpaired) electrons. The molecule has 5 aromatic rings. The van der Waals surface area contributed by atoms with E-state index in [-0.39, 0.29) is 11.2 Å². The van der Waals surface area contributed by atoms with E-state index in [9.17, 15) is 9.59 Å². The van der Waals surface area contributed by atoms with Crippen molar-refractivity contribution in [2.45, 2.75) is 19.9 Å². The van der Waals surface area contributed by atoms with E-state index in [0.717, 1.165) is 16.9 Å². The molecule has 0 aliphatic carbocycles. The summed E-state index contributed by atoms with van der Waals surface area (Å²) < 4.78 is 12.1. The predicted octanol–water partition coefficient (Wildman–Crippen LogP) is 3.22. The highest BCUT2D eigenvalue weighted by atomic mass is 16.5. The van der Waals surface area contributed by atoms with Crippen molar-refractivity contribution in [1.29, 1.82) is 0 Å². The summed E-state index contributed by atoms with van der Waals surface area (Å²) in [6.07, 6.45) is 2.58. The lowest BCUT2D eigenvalue weighted by molar-refractivity contribution is 0.413. The number of nitrogens with zero attached hydrogens (tertiary/aromatic N) is 5. The minimum absolute atomic E-state index is 0.339. The van der Waals surface area contributed by atoms with Crippen molar-refractivity contribution >= 4 is 16.9 Å². The van der Waals surface area contributed by atoms with Gasteiger partial charge in [0.1, 0.15) is 5.75 Å². The van der Waals surface area contributed by atoms with Gasteiger partial charge in [0.25, 0.3) is 5.56 Å². The van der Waals surface area contributed by atoms with Gasteiger partial charge >= 0.3 is 5.69 Å². The zero-order valence-corrected chi connectivity index (χ0v) is 18.1. The minimum Gasteiger partial charge on any atom is -0.495 e. The summed E-state index contributed by atoms with van der Waals surface area (Å²) in [5, 5.41) is 0. The van der Waals surface area contributed by atoms with Crippen molar-refractivity contribution < 1.29 is 4.74 Å². The lowest BCUT2D eigenvalue weighted by Crippen LogP contribution is -2.39. The molecule has 0 atom stereocenters. The Balaban J connectivity index is 1.97. The highest BCUT2D eigenvalue weighted by Crippen LogP contribution is 2.32. The van der Waals surface area contributed by atoms with E-state index in [2.05, 4.69) is 0 Å². The first-order chi connectivity index (χ1) is 15.6. The molecule has 5 rings (SSSR count). The quantitative estimate of drug-likeness (QED) is 0.430. The van der Waals surface area contributed by atoms with Crippen molar-refractivity contribution in [3.05, 3.63) is 81.6 Å². The van der Waals surface area contributed by atoms with E-state index in [1.54, 1.807) is 18.6 Å². The number of hydrogen-bond donors (Lipinski definition) is 0. The number of fused-ring (bicyclic) bond motifs is 3. The monoisotopic (exact) mass is 429 g/mol. The van der Waals surface area contributed by atoms with E-state index in [1.807, 2.05) is 72.3 Å². The van der Waals surface area contributed by atoms with Crippen molar-refractivity contribution in [2.24, 2.45) is 7.05 Å². The first-order valence-electron chi connectivity index (χ1n) is 10.5. The zero-order valence-electron chi connectivity index (χ0n) is 18.1. The number of methoxy groups -OCH3 is 1. The Morgan fingerprint density at radius 2 is 1.72 bits per heavy atom. The van der Waals surface area contributed by atoms with Gasteiger partial charge < -0.3 is 4.74 Å². The second kappa shape index (κ2) is 7.56. The molecule has 0 N–H and O–H groups in total. The van der Waals surface area contributed by atoms with Crippen LogP contribution in [0.3, 0.4) is 0 Å². The van der Waals surface area contributed by atoms with Crippen LogP contribution in [0.4, 0.5) is 0 Å². The topological polar surface area (TPSA) is 75.5 Å². The van der Waals surface area contributed by atoms with Gasteiger partial charge in [-0.2, -0.15) is 4.98 Å². The number of aromatic nitrogens is 5. The molecule has 3 heterocycles. The molecule has 8 nitrogen and oxygen atoms in total. The Bertz CT molecular complexity index is 1570. The Morgan fingerprint density at radius 1 is 1.00 bits per heavy atom. The van der Waals surface area contributed by atoms with Gasteiger partial charge in [-0.1, -0.05) is 49.4 Å². The summed E-state index contributed by atoms with van der Waals surface area (Å²) in [7, 11) is 3.27. The van der Waals surface area contributed by atoms with Gasteiger partial charge in [-0.05, 0) is 18.6 Å². The molecule has 0 fully saturated rings. The molecule has 3 aromatic heterocycles. The third-order valence-corrected chi connectivity index (χ3v) is 5.69. The predicted molar refractivity (Wildman–Crippen MR) is 124 cm³/mol. The Kier molecular flexibility index (Phi) is 4.70. The van der Waals surface area contributed by atoms with Crippen LogP contribution in [0, 0.1) is 0 Å². The number of para-hydroxylation sites is 2. The van der Waals surface area contributed by atoms with Crippen LogP contribution in [-0.4, -0.2) is 30.2 Å². The van der Waals surface area contributed by atoms with Crippen LogP contribution in [0.2, 0.25) is 0 Å². The molecule has 162 valence electrons. The van der Waals surface area contributed by atoms with Gasteiger partial charge in [0.15, 0.2) is 11.2 Å². The normalized spacial score (nSPS) is 11.5. The standard InChI is InChI=1S/C24H23N5O3/c1-4-14-27-22(30)20-21(26(2)24(27)31)25-23-28(20)15-18(16-10-6-5-7-11-16)29(23)17-12-8-9-13-19(17)32-3/h5-13,15H,4,14H2,1-3H3. The lowest BCUT2D eigenvalue weighted by Gasteiger charge is -2.13. The average molecular weight is 429 g/mol. The minimum atomic E-state index is -0.364. The van der Waals surface area contributed by atoms with Gasteiger partial charge in [0.05, 0.1) is 18.5 Å². The van der Waals surface area contributed by atoms with Crippen LogP contribution in [0.5, 0.6) is 5.75 Å². The maximum atomic E-state index is 13.3. The second-order valence-corrected chi connectivity index (χ2v) is 7.64. The molecule has 0 bridgehead atoms. The molecule has 0 aliphatic heterocycles. The van der Waals surface area contributed by atoms with E-state index < -0.39 is 0 Å². The number of imidazole rings is 2. The van der Waals surface area contributed by atoms with Gasteiger partial charge in [0, 0.05) is 25.4 Å². The molecular formula is C24H23N5O3. The highest BCUT2D eigenvalue weighted by Gasteiger charge is 2.23. The summed E-state index contributed by atoms with van der Waals surface area (Å²) in [5.74, 6) is 1.21. The van der Waals surface area contributed by atoms with Gasteiger partial charge in [-0.15, -0.1) is 0 Å². The molecule has 0 saturated heterocycles. The molecule has 0 saturated carbocycles. The fraction of sp³-hybridized carbons (Fsp3) is 0.208. The third kappa shape index (κ3) is 2.80. The molecule has 0 aliphatic rings. The summed E-state index contributed by atoms with van der Waals surface area (Å²) in [4.78, 5) is 30.9. The fourth-order valence-electron chi connectivity index (χ4n) is 4.18. The summed E-state index contributed by atoms with van der Waals surface area (Å²) in [5.41, 5.74) is 2.64. The van der Waals surface area contributed by atoms with E-state index in [0.29, 0.717) is 35.7 Å². The van der Waals surface area contributed by atoms with Gasteiger partial charge in [-0.3, -0.25) is 22.9 Å². The van der Waals surface area contributed by atoms with Crippen molar-refractivity contribution in [3.63, 3.8) is 0 Å². The summed E-state index contributed by atoms with van der Waals surface area (Å²) in [6, 6.07) is 17.6. The van der Waals surface area contributed by atoms with Crippen LogP contribution in [-0.2, 0) is 13.6 Å². The maximum absolute atomic E-state index is 13.3. The number of benzene rings is 2. The molecule has 2 aromatic carbocycles. The highest BCUT2D eigenvalue weighted by molar-refractivity contribution is 5.80. The van der Waals surface area contributed by atoms with Crippen LogP contribution < -0.4 is 16.0 Å². The Labute approximate surface area is 183 Å². The molecule has 32 heavy (non-hydrogen) atoms. The molecule has 8 heteroatoms. The fourth-order valence-corrected chi connectivity index (χ4v) is 4.18. The molecule has 0 amide bonds. The van der Waals surface area contributed by atoms with Crippen LogP contribution in [0.1, 0.15) is 13.3 Å². The first kappa shape index (κ1) is 19.9. The van der Waals surface area contributed by atoms with Crippen molar-refractivity contribution in [1.82, 2.24) is 23.1 Å². The van der Waals surface area contributed by atoms with Crippen LogP contribution in [0.25, 0.3) is 33.9 Å². The third-order valence-electron chi connectivity index (χ3n) is 5.69. The van der Waals surface area contributed by atoms with E-state index in [1.165, 1.54) is 9.13 Å². The number of ether oxygens (including phenoxy) is 1. The van der Waals surface area contributed by atoms with Crippen molar-refractivity contribution in [2.75, 3.05) is 7.11 Å². The number of hydrogen-bond acceptors (Lipinski definition) is 4. The average Bonchev–Trinajstić information content (AvgIpc) is 3.37. The van der Waals surface area contributed by atoms with E-state index >= 15 is 0 Å². The smallest absolute Gasteiger partial charge is 0.332 e. The maximum Gasteiger partial charge on any atom is 0.332 e. The summed E-state index contributed by atoms with van der Waals surface area (Å²) >= 11 is 0. The Hall–Kier alpha value is -4.07. The van der Waals surface area contributed by atoms with Gasteiger partial charge in [0.2, 0.25) is 5.78 Å². The van der Waals surface area contributed by atoms with E-state index in [4.69, 9.17) is 9.72 Å². The largest absolute Gasteiger partial charge is 0.495 e. The second-order valence-electron chi connectivity index (χ2n) is 7.64. The number of aryl methyl sites for hydroxylation is 1. The van der Waals surface area contributed by atoms with Crippen LogP contribution in [0.15, 0.2) is 70.4 Å². The van der Waals surface area contributed by atoms with Crippen LogP contribution >= 0.6 is 0 Å². The molecular weight excluding hydrogens is 406 g/mol. The Morgan fingerprint density at radius 3 is 2.44 bits per heavy atom.